The van der Waals surface area contributed by atoms with Gasteiger partial charge in [-0.15, -0.1) is 0 Å². The first-order chi connectivity index (χ1) is 19.8. The lowest BCUT2D eigenvalue weighted by atomic mass is 10.1. The first kappa shape index (κ1) is 29.9. The number of fused-ring (bicyclic) bond motifs is 1. The van der Waals surface area contributed by atoms with Crippen molar-refractivity contribution in [3.05, 3.63) is 102 Å². The van der Waals surface area contributed by atoms with Crippen LogP contribution >= 0.6 is 0 Å². The van der Waals surface area contributed by atoms with Gasteiger partial charge in [-0.3, -0.25) is 9.59 Å². The molecule has 41 heavy (non-hydrogen) atoms. The average molecular weight is 554 g/mol. The highest BCUT2D eigenvalue weighted by molar-refractivity contribution is 6.00. The van der Waals surface area contributed by atoms with E-state index in [-0.39, 0.29) is 24.4 Å². The molecule has 1 heterocycles. The van der Waals surface area contributed by atoms with Gasteiger partial charge in [-0.05, 0) is 78.4 Å². The largest absolute Gasteiger partial charge is 0.497 e. The van der Waals surface area contributed by atoms with Crippen LogP contribution in [-0.2, 0) is 17.9 Å². The molecular formula is C35H43N3O3. The molecule has 0 saturated heterocycles. The van der Waals surface area contributed by atoms with Crippen molar-refractivity contribution < 1.29 is 14.3 Å². The van der Waals surface area contributed by atoms with Gasteiger partial charge >= 0.3 is 0 Å². The summed E-state index contributed by atoms with van der Waals surface area (Å²) in [5.74, 6) is 1.11. The highest BCUT2D eigenvalue weighted by Crippen LogP contribution is 2.20. The summed E-state index contributed by atoms with van der Waals surface area (Å²) >= 11 is 0. The predicted octanol–water partition coefficient (Wildman–Crippen LogP) is 7.01. The Balaban J connectivity index is 1.54. The topological polar surface area (TPSA) is 54.8 Å². The van der Waals surface area contributed by atoms with Crippen LogP contribution in [0.5, 0.6) is 5.75 Å². The van der Waals surface area contributed by atoms with Crippen LogP contribution in [0.25, 0.3) is 10.8 Å². The Morgan fingerprint density at radius 3 is 2.41 bits per heavy atom. The molecule has 0 aliphatic rings. The highest BCUT2D eigenvalue weighted by Gasteiger charge is 2.26. The van der Waals surface area contributed by atoms with Gasteiger partial charge in [0.1, 0.15) is 12.3 Å². The second-order valence-corrected chi connectivity index (χ2v) is 11.2. The monoisotopic (exact) mass is 553 g/mol. The molecule has 0 radical (unpaired) electrons. The first-order valence-corrected chi connectivity index (χ1v) is 14.6. The lowest BCUT2D eigenvalue weighted by molar-refractivity contribution is -0.134. The molecule has 0 saturated carbocycles. The summed E-state index contributed by atoms with van der Waals surface area (Å²) in [6.45, 7) is 10.2. The minimum Gasteiger partial charge on any atom is -0.497 e. The molecule has 0 fully saturated rings. The standard InChI is InChI=1S/C35H43N3O3/c1-6-27(4)38(24-32-14-10-19-36(32)23-28-11-9-15-33(21-28)41-5)34(39)25-37(20-18-26(2)3)35(40)31-17-16-29-12-7-8-13-30(29)22-31/h7-17,19,21-22,26-27H,6,18,20,23-25H2,1-5H3. The molecule has 1 unspecified atom stereocenters. The van der Waals surface area contributed by atoms with Crippen molar-refractivity contribution in [1.29, 1.82) is 0 Å². The molecule has 6 nitrogen and oxygen atoms in total. The number of rotatable bonds is 13. The molecular weight excluding hydrogens is 510 g/mol. The van der Waals surface area contributed by atoms with Crippen LogP contribution in [0.3, 0.4) is 0 Å². The van der Waals surface area contributed by atoms with Crippen molar-refractivity contribution in [3.8, 4) is 5.75 Å². The van der Waals surface area contributed by atoms with E-state index in [9.17, 15) is 9.59 Å². The number of ether oxygens (including phenoxy) is 1. The zero-order valence-corrected chi connectivity index (χ0v) is 25.0. The van der Waals surface area contributed by atoms with E-state index in [1.165, 1.54) is 0 Å². The molecule has 0 bridgehead atoms. The number of hydrogen-bond donors (Lipinski definition) is 0. The summed E-state index contributed by atoms with van der Waals surface area (Å²) in [6, 6.07) is 26.0. The Morgan fingerprint density at radius 2 is 1.68 bits per heavy atom. The summed E-state index contributed by atoms with van der Waals surface area (Å²) in [5, 5.41) is 2.11. The third-order valence-corrected chi connectivity index (χ3v) is 7.77. The fraction of sp³-hybridized carbons (Fsp3) is 0.371. The molecule has 6 heteroatoms. The molecule has 3 aromatic carbocycles. The number of benzene rings is 3. The summed E-state index contributed by atoms with van der Waals surface area (Å²) in [4.78, 5) is 31.4. The molecule has 0 aliphatic heterocycles. The molecule has 1 atom stereocenters. The first-order valence-electron chi connectivity index (χ1n) is 14.6. The van der Waals surface area contributed by atoms with E-state index in [1.54, 1.807) is 12.0 Å². The molecule has 4 aromatic rings. The predicted molar refractivity (Wildman–Crippen MR) is 166 cm³/mol. The van der Waals surface area contributed by atoms with Crippen LogP contribution < -0.4 is 4.74 Å². The second-order valence-electron chi connectivity index (χ2n) is 11.2. The molecule has 0 spiro atoms. The van der Waals surface area contributed by atoms with Crippen molar-refractivity contribution >= 4 is 22.6 Å². The molecule has 2 amide bonds. The minimum atomic E-state index is -0.102. The van der Waals surface area contributed by atoms with E-state index in [4.69, 9.17) is 4.74 Å². The van der Waals surface area contributed by atoms with Gasteiger partial charge in [0.25, 0.3) is 5.91 Å². The van der Waals surface area contributed by atoms with Gasteiger partial charge in [-0.2, -0.15) is 0 Å². The number of methoxy groups -OCH3 is 1. The van der Waals surface area contributed by atoms with Gasteiger partial charge in [0.15, 0.2) is 0 Å². The van der Waals surface area contributed by atoms with Gasteiger partial charge in [0.05, 0.1) is 13.7 Å². The van der Waals surface area contributed by atoms with Crippen LogP contribution in [0.1, 0.15) is 62.2 Å². The van der Waals surface area contributed by atoms with E-state index >= 15 is 0 Å². The Hall–Kier alpha value is -4.06. The third-order valence-electron chi connectivity index (χ3n) is 7.77. The van der Waals surface area contributed by atoms with Crippen molar-refractivity contribution in [2.24, 2.45) is 5.92 Å². The van der Waals surface area contributed by atoms with Crippen LogP contribution in [0, 0.1) is 5.92 Å². The number of nitrogens with zero attached hydrogens (tertiary/aromatic N) is 3. The smallest absolute Gasteiger partial charge is 0.254 e. The number of hydrogen-bond acceptors (Lipinski definition) is 3. The van der Waals surface area contributed by atoms with Gasteiger partial charge in [-0.1, -0.05) is 63.2 Å². The SMILES string of the molecule is CCC(C)N(Cc1cccn1Cc1cccc(OC)c1)C(=O)CN(CCC(C)C)C(=O)c1ccc2ccccc2c1. The van der Waals surface area contributed by atoms with Crippen LogP contribution in [0.15, 0.2) is 85.1 Å². The molecule has 0 N–H and O–H groups in total. The van der Waals surface area contributed by atoms with Gasteiger partial charge in [-0.25, -0.2) is 0 Å². The van der Waals surface area contributed by atoms with E-state index in [0.29, 0.717) is 31.1 Å². The van der Waals surface area contributed by atoms with Crippen molar-refractivity contribution in [2.45, 2.75) is 59.7 Å². The summed E-state index contributed by atoms with van der Waals surface area (Å²) in [7, 11) is 1.67. The number of aromatic nitrogens is 1. The van der Waals surface area contributed by atoms with E-state index < -0.39 is 0 Å². The zero-order valence-electron chi connectivity index (χ0n) is 25.0. The Labute approximate surface area is 244 Å². The number of carbonyl (C=O) groups excluding carboxylic acids is 2. The number of amides is 2. The number of carbonyl (C=O) groups is 2. The molecule has 0 aliphatic carbocycles. The minimum absolute atomic E-state index is 0.0328. The Bertz CT molecular complexity index is 1460. The van der Waals surface area contributed by atoms with E-state index in [1.807, 2.05) is 77.8 Å². The van der Waals surface area contributed by atoms with Gasteiger partial charge < -0.3 is 19.1 Å². The van der Waals surface area contributed by atoms with Crippen LogP contribution in [0.4, 0.5) is 0 Å². The lowest BCUT2D eigenvalue weighted by Crippen LogP contribution is -2.46. The normalized spacial score (nSPS) is 12.0. The van der Waals surface area contributed by atoms with E-state index in [0.717, 1.165) is 40.6 Å². The third kappa shape index (κ3) is 7.78. The zero-order chi connectivity index (χ0) is 29.4. The Morgan fingerprint density at radius 1 is 0.902 bits per heavy atom. The van der Waals surface area contributed by atoms with Gasteiger partial charge in [0, 0.05) is 36.6 Å². The van der Waals surface area contributed by atoms with Crippen molar-refractivity contribution in [3.63, 3.8) is 0 Å². The fourth-order valence-electron chi connectivity index (χ4n) is 5.02. The second kappa shape index (κ2) is 14.0. The molecule has 216 valence electrons. The Kier molecular flexibility index (Phi) is 10.2. The van der Waals surface area contributed by atoms with Crippen LogP contribution in [-0.4, -0.2) is 52.4 Å². The summed E-state index contributed by atoms with van der Waals surface area (Å²) < 4.78 is 7.57. The maximum absolute atomic E-state index is 13.9. The van der Waals surface area contributed by atoms with Gasteiger partial charge in [0.2, 0.25) is 5.91 Å². The molecule has 4 rings (SSSR count). The van der Waals surface area contributed by atoms with E-state index in [2.05, 4.69) is 44.4 Å². The van der Waals surface area contributed by atoms with Crippen molar-refractivity contribution in [2.75, 3.05) is 20.2 Å². The fourth-order valence-corrected chi connectivity index (χ4v) is 5.02. The van der Waals surface area contributed by atoms with Crippen LogP contribution in [0.2, 0.25) is 0 Å². The van der Waals surface area contributed by atoms with Crippen molar-refractivity contribution in [1.82, 2.24) is 14.4 Å². The summed E-state index contributed by atoms with van der Waals surface area (Å²) in [5.41, 5.74) is 2.79. The quantitative estimate of drug-likeness (QED) is 0.179. The maximum Gasteiger partial charge on any atom is 0.254 e. The average Bonchev–Trinajstić information content (AvgIpc) is 3.43. The highest BCUT2D eigenvalue weighted by atomic mass is 16.5. The maximum atomic E-state index is 13.9. The lowest BCUT2D eigenvalue weighted by Gasteiger charge is -2.32. The molecule has 1 aromatic heterocycles. The summed E-state index contributed by atoms with van der Waals surface area (Å²) in [6.07, 6.45) is 3.71.